The highest BCUT2D eigenvalue weighted by Crippen LogP contribution is 2.31. The molecule has 4 aromatic carbocycles. The molecule has 0 N–H and O–H groups in total. The van der Waals surface area contributed by atoms with E-state index in [9.17, 15) is 19.2 Å². The summed E-state index contributed by atoms with van der Waals surface area (Å²) >= 11 is 0. The molecule has 0 unspecified atom stereocenters. The maximum atomic E-state index is 13.2. The zero-order chi connectivity index (χ0) is 31.6. The Kier molecular flexibility index (Phi) is 10.3. The van der Waals surface area contributed by atoms with Gasteiger partial charge in [0.1, 0.15) is 18.8 Å². The molecule has 10 nitrogen and oxygen atoms in total. The normalized spacial score (nSPS) is 20.8. The minimum absolute atomic E-state index is 0.216. The number of methoxy groups -OCH3 is 1. The third-order valence-corrected chi connectivity index (χ3v) is 6.99. The molecule has 0 amide bonds. The number of benzene rings is 4. The quantitative estimate of drug-likeness (QED) is 0.181. The SMILES string of the molecule is CO[C@@H]1[C@H](OC(=O)c2ccccc2)[C@H](OC(=O)c2ccccc2)O[C@H](COC(=O)c2ccccc2)[C@H]1OC(=O)c1ccccc1. The van der Waals surface area contributed by atoms with E-state index in [-0.39, 0.29) is 22.3 Å². The lowest BCUT2D eigenvalue weighted by Gasteiger charge is -2.43. The summed E-state index contributed by atoms with van der Waals surface area (Å²) in [6.45, 7) is -0.418. The first-order valence-corrected chi connectivity index (χ1v) is 14.1. The van der Waals surface area contributed by atoms with Gasteiger partial charge in [-0.05, 0) is 48.5 Å². The summed E-state index contributed by atoms with van der Waals surface area (Å²) < 4.78 is 34.9. The van der Waals surface area contributed by atoms with E-state index in [1.54, 1.807) is 121 Å². The summed E-state index contributed by atoms with van der Waals surface area (Å²) in [5.41, 5.74) is 0.962. The second kappa shape index (κ2) is 14.9. The highest BCUT2D eigenvalue weighted by atomic mass is 16.7. The Morgan fingerprint density at radius 3 is 1.31 bits per heavy atom. The highest BCUT2D eigenvalue weighted by Gasteiger charge is 2.53. The molecule has 1 fully saturated rings. The first-order valence-electron chi connectivity index (χ1n) is 14.1. The molecule has 1 aliphatic rings. The molecule has 0 saturated carbocycles. The van der Waals surface area contributed by atoms with Crippen LogP contribution in [-0.4, -0.2) is 68.3 Å². The lowest BCUT2D eigenvalue weighted by atomic mass is 9.98. The van der Waals surface area contributed by atoms with Gasteiger partial charge in [0.2, 0.25) is 6.29 Å². The predicted molar refractivity (Wildman–Crippen MR) is 159 cm³/mol. The third-order valence-electron chi connectivity index (χ3n) is 6.99. The third kappa shape index (κ3) is 7.80. The number of ether oxygens (including phenoxy) is 6. The first kappa shape index (κ1) is 31.1. The Morgan fingerprint density at radius 1 is 0.511 bits per heavy atom. The number of rotatable bonds is 10. The van der Waals surface area contributed by atoms with E-state index >= 15 is 0 Å². The van der Waals surface area contributed by atoms with Gasteiger partial charge in [-0.3, -0.25) is 0 Å². The minimum Gasteiger partial charge on any atom is -0.459 e. The summed E-state index contributed by atoms with van der Waals surface area (Å²) in [5, 5.41) is 0. The molecule has 5 atom stereocenters. The van der Waals surface area contributed by atoms with Crippen LogP contribution in [0.25, 0.3) is 0 Å². The van der Waals surface area contributed by atoms with E-state index < -0.39 is 61.2 Å². The van der Waals surface area contributed by atoms with Crippen molar-refractivity contribution in [3.8, 4) is 0 Å². The zero-order valence-corrected chi connectivity index (χ0v) is 24.2. The maximum absolute atomic E-state index is 13.2. The average molecular weight is 611 g/mol. The fourth-order valence-corrected chi connectivity index (χ4v) is 4.74. The van der Waals surface area contributed by atoms with Crippen LogP contribution in [0.4, 0.5) is 0 Å². The number of hydrogen-bond acceptors (Lipinski definition) is 10. The van der Waals surface area contributed by atoms with Crippen molar-refractivity contribution in [3.05, 3.63) is 144 Å². The van der Waals surface area contributed by atoms with Gasteiger partial charge in [-0.2, -0.15) is 0 Å². The van der Waals surface area contributed by atoms with Crippen LogP contribution in [0.1, 0.15) is 41.4 Å². The van der Waals surface area contributed by atoms with Crippen LogP contribution in [0.2, 0.25) is 0 Å². The number of carbonyl (C=O) groups excluding carboxylic acids is 4. The molecule has 0 bridgehead atoms. The molecule has 0 aromatic heterocycles. The zero-order valence-electron chi connectivity index (χ0n) is 24.2. The Bertz CT molecular complexity index is 1580. The van der Waals surface area contributed by atoms with Crippen LogP contribution in [0.3, 0.4) is 0 Å². The summed E-state index contributed by atoms with van der Waals surface area (Å²) in [6.07, 6.45) is -6.62. The van der Waals surface area contributed by atoms with E-state index in [4.69, 9.17) is 28.4 Å². The van der Waals surface area contributed by atoms with Gasteiger partial charge in [0.25, 0.3) is 0 Å². The smallest absolute Gasteiger partial charge is 0.340 e. The molecule has 4 aromatic rings. The minimum atomic E-state index is -1.54. The topological polar surface area (TPSA) is 124 Å². The van der Waals surface area contributed by atoms with Crippen LogP contribution in [0, 0.1) is 0 Å². The summed E-state index contributed by atoms with van der Waals surface area (Å²) in [6, 6.07) is 32.8. The largest absolute Gasteiger partial charge is 0.459 e. The van der Waals surface area contributed by atoms with Crippen molar-refractivity contribution in [3.63, 3.8) is 0 Å². The monoisotopic (exact) mass is 610 g/mol. The molecule has 45 heavy (non-hydrogen) atoms. The van der Waals surface area contributed by atoms with Crippen molar-refractivity contribution < 1.29 is 47.6 Å². The highest BCUT2D eigenvalue weighted by molar-refractivity contribution is 5.91. The van der Waals surface area contributed by atoms with E-state index in [2.05, 4.69) is 0 Å². The van der Waals surface area contributed by atoms with Gasteiger partial charge >= 0.3 is 23.9 Å². The van der Waals surface area contributed by atoms with Crippen molar-refractivity contribution in [2.75, 3.05) is 13.7 Å². The Balaban J connectivity index is 1.47. The van der Waals surface area contributed by atoms with Gasteiger partial charge in [0, 0.05) is 7.11 Å². The first-order chi connectivity index (χ1) is 21.9. The predicted octanol–water partition coefficient (Wildman–Crippen LogP) is 4.89. The summed E-state index contributed by atoms with van der Waals surface area (Å²) in [5.74, 6) is -2.90. The lowest BCUT2D eigenvalue weighted by molar-refractivity contribution is -0.287. The van der Waals surface area contributed by atoms with Crippen LogP contribution in [0.15, 0.2) is 121 Å². The summed E-state index contributed by atoms with van der Waals surface area (Å²) in [4.78, 5) is 52.5. The Hall–Kier alpha value is -5.32. The lowest BCUT2D eigenvalue weighted by Crippen LogP contribution is -2.62. The van der Waals surface area contributed by atoms with Crippen molar-refractivity contribution in [2.45, 2.75) is 30.7 Å². The Labute approximate surface area is 259 Å². The van der Waals surface area contributed by atoms with Crippen molar-refractivity contribution >= 4 is 23.9 Å². The van der Waals surface area contributed by atoms with E-state index in [0.717, 1.165) is 0 Å². The fraction of sp³-hybridized carbons (Fsp3) is 0.200. The van der Waals surface area contributed by atoms with Crippen molar-refractivity contribution in [2.24, 2.45) is 0 Å². The van der Waals surface area contributed by atoms with Gasteiger partial charge in [0.15, 0.2) is 12.2 Å². The van der Waals surface area contributed by atoms with E-state index in [0.29, 0.717) is 0 Å². The second-order valence-corrected chi connectivity index (χ2v) is 9.95. The van der Waals surface area contributed by atoms with Gasteiger partial charge in [0.05, 0.1) is 22.3 Å². The maximum Gasteiger partial charge on any atom is 0.340 e. The molecular weight excluding hydrogens is 580 g/mol. The molecule has 1 aliphatic heterocycles. The van der Waals surface area contributed by atoms with Crippen LogP contribution in [0.5, 0.6) is 0 Å². The van der Waals surface area contributed by atoms with Crippen molar-refractivity contribution in [1.82, 2.24) is 0 Å². The fourth-order valence-electron chi connectivity index (χ4n) is 4.74. The molecule has 230 valence electrons. The molecule has 1 saturated heterocycles. The van der Waals surface area contributed by atoms with Crippen molar-refractivity contribution in [1.29, 1.82) is 0 Å². The molecule has 0 spiro atoms. The van der Waals surface area contributed by atoms with Gasteiger partial charge in [-0.15, -0.1) is 0 Å². The molecule has 0 aliphatic carbocycles. The summed E-state index contributed by atoms with van der Waals surface area (Å²) in [7, 11) is 1.33. The van der Waals surface area contributed by atoms with E-state index in [1.165, 1.54) is 7.11 Å². The molecule has 10 heteroatoms. The Morgan fingerprint density at radius 2 is 0.889 bits per heavy atom. The van der Waals surface area contributed by atoms with Gasteiger partial charge in [-0.1, -0.05) is 72.8 Å². The second-order valence-electron chi connectivity index (χ2n) is 9.95. The average Bonchev–Trinajstić information content (AvgIpc) is 3.10. The van der Waals surface area contributed by atoms with Crippen LogP contribution < -0.4 is 0 Å². The van der Waals surface area contributed by atoms with Gasteiger partial charge in [-0.25, -0.2) is 19.2 Å². The van der Waals surface area contributed by atoms with E-state index in [1.807, 2.05) is 0 Å². The standard InChI is InChI=1S/C35H30O10/c1-40-29-28(43-32(37)24-16-8-3-9-17-24)27(22-41-31(36)23-14-6-2-7-15-23)42-35(45-34(39)26-20-12-5-13-21-26)30(29)44-33(38)25-18-10-4-11-19-25/h2-21,27-30,35H,22H2,1H3/t27-,28-,29+,30+,35+/m1/s1. The van der Waals surface area contributed by atoms with Crippen LogP contribution in [-0.2, 0) is 28.4 Å². The molecule has 1 heterocycles. The molecule has 0 radical (unpaired) electrons. The van der Waals surface area contributed by atoms with Crippen LogP contribution >= 0.6 is 0 Å². The number of carbonyl (C=O) groups is 4. The number of hydrogen-bond donors (Lipinski definition) is 0. The molecule has 5 rings (SSSR count). The molecular formula is C35H30O10. The number of esters is 4. The van der Waals surface area contributed by atoms with Gasteiger partial charge < -0.3 is 28.4 Å².